The zero-order valence-corrected chi connectivity index (χ0v) is 13.8. The molecule has 2 N–H and O–H groups in total. The predicted molar refractivity (Wildman–Crippen MR) is 87.8 cm³/mol. The summed E-state index contributed by atoms with van der Waals surface area (Å²) in [5.74, 6) is -1.54. The van der Waals surface area contributed by atoms with Crippen LogP contribution in [0, 0.1) is 6.92 Å². The molecule has 0 bridgehead atoms. The van der Waals surface area contributed by atoms with Crippen LogP contribution < -0.4 is 4.90 Å². The van der Waals surface area contributed by atoms with E-state index in [1.807, 2.05) is 11.0 Å². The van der Waals surface area contributed by atoms with Crippen LogP contribution in [-0.4, -0.2) is 55.0 Å². The monoisotopic (exact) mass is 345 g/mol. The second-order valence-corrected chi connectivity index (χ2v) is 6.09. The SMILES string of the molecule is Cc1cc(C(=O)O)nc(N2CCC[C@H](c3ccnn3CC(=O)O)C2)n1. The zero-order valence-electron chi connectivity index (χ0n) is 13.8. The van der Waals surface area contributed by atoms with Gasteiger partial charge in [0, 0.05) is 36.6 Å². The van der Waals surface area contributed by atoms with E-state index in [0.717, 1.165) is 25.1 Å². The van der Waals surface area contributed by atoms with Crippen LogP contribution in [-0.2, 0) is 11.3 Å². The summed E-state index contributed by atoms with van der Waals surface area (Å²) in [5, 5.41) is 22.3. The van der Waals surface area contributed by atoms with Gasteiger partial charge in [0.1, 0.15) is 6.54 Å². The first-order chi connectivity index (χ1) is 11.9. The first kappa shape index (κ1) is 16.9. The van der Waals surface area contributed by atoms with Gasteiger partial charge in [0.25, 0.3) is 0 Å². The summed E-state index contributed by atoms with van der Waals surface area (Å²) in [6.45, 7) is 2.88. The molecule has 0 radical (unpaired) electrons. The summed E-state index contributed by atoms with van der Waals surface area (Å²) in [5.41, 5.74) is 1.43. The van der Waals surface area contributed by atoms with Gasteiger partial charge in [-0.05, 0) is 31.9 Å². The highest BCUT2D eigenvalue weighted by Gasteiger charge is 2.26. The Bertz CT molecular complexity index is 804. The number of aromatic carboxylic acids is 1. The number of carbonyl (C=O) groups is 2. The van der Waals surface area contributed by atoms with Crippen LogP contribution in [0.1, 0.15) is 40.6 Å². The average molecular weight is 345 g/mol. The molecule has 1 aliphatic rings. The Kier molecular flexibility index (Phi) is 4.64. The van der Waals surface area contributed by atoms with E-state index < -0.39 is 11.9 Å². The lowest BCUT2D eigenvalue weighted by Gasteiger charge is -2.33. The minimum atomic E-state index is -1.08. The number of carboxylic acids is 2. The van der Waals surface area contributed by atoms with Gasteiger partial charge >= 0.3 is 11.9 Å². The topological polar surface area (TPSA) is 121 Å². The Labute approximate surface area is 143 Å². The van der Waals surface area contributed by atoms with Crippen LogP contribution >= 0.6 is 0 Å². The minimum absolute atomic E-state index is 0.0273. The Morgan fingerprint density at radius 2 is 2.12 bits per heavy atom. The van der Waals surface area contributed by atoms with Crippen LogP contribution in [0.4, 0.5) is 5.95 Å². The number of anilines is 1. The van der Waals surface area contributed by atoms with Gasteiger partial charge < -0.3 is 15.1 Å². The number of hydrogen-bond donors (Lipinski definition) is 2. The fraction of sp³-hybridized carbons (Fsp3) is 0.438. The second kappa shape index (κ2) is 6.88. The van der Waals surface area contributed by atoms with Gasteiger partial charge in [0.15, 0.2) is 5.69 Å². The smallest absolute Gasteiger partial charge is 0.354 e. The van der Waals surface area contributed by atoms with Crippen molar-refractivity contribution >= 4 is 17.9 Å². The highest BCUT2D eigenvalue weighted by molar-refractivity contribution is 5.85. The summed E-state index contributed by atoms with van der Waals surface area (Å²) in [6, 6.07) is 3.27. The predicted octanol–water partition coefficient (Wildman–Crippen LogP) is 1.15. The molecule has 2 aromatic heterocycles. The number of rotatable bonds is 5. The Balaban J connectivity index is 1.83. The number of nitrogens with zero attached hydrogens (tertiary/aromatic N) is 5. The molecule has 0 unspecified atom stereocenters. The molecule has 0 aromatic carbocycles. The third-order valence-electron chi connectivity index (χ3n) is 4.22. The third-order valence-corrected chi connectivity index (χ3v) is 4.22. The van der Waals surface area contributed by atoms with Crippen LogP contribution in [0.5, 0.6) is 0 Å². The normalized spacial score (nSPS) is 17.5. The molecule has 3 rings (SSSR count). The highest BCUT2D eigenvalue weighted by atomic mass is 16.4. The first-order valence-electron chi connectivity index (χ1n) is 8.01. The largest absolute Gasteiger partial charge is 0.480 e. The van der Waals surface area contributed by atoms with Gasteiger partial charge in [-0.3, -0.25) is 9.48 Å². The molecule has 1 atom stereocenters. The molecule has 2 aromatic rings. The quantitative estimate of drug-likeness (QED) is 0.827. The molecule has 1 aliphatic heterocycles. The van der Waals surface area contributed by atoms with Crippen molar-refractivity contribution in [3.63, 3.8) is 0 Å². The van der Waals surface area contributed by atoms with Crippen molar-refractivity contribution in [3.8, 4) is 0 Å². The maximum absolute atomic E-state index is 11.2. The van der Waals surface area contributed by atoms with Crippen molar-refractivity contribution in [2.45, 2.75) is 32.2 Å². The fourth-order valence-electron chi connectivity index (χ4n) is 3.15. The van der Waals surface area contributed by atoms with Crippen LogP contribution in [0.15, 0.2) is 18.3 Å². The van der Waals surface area contributed by atoms with Gasteiger partial charge in [-0.2, -0.15) is 5.10 Å². The molecule has 0 aliphatic carbocycles. The van der Waals surface area contributed by atoms with E-state index in [1.165, 1.54) is 10.7 Å². The lowest BCUT2D eigenvalue weighted by atomic mass is 9.95. The van der Waals surface area contributed by atoms with E-state index in [-0.39, 0.29) is 18.2 Å². The van der Waals surface area contributed by atoms with Crippen LogP contribution in [0.3, 0.4) is 0 Å². The van der Waals surface area contributed by atoms with Crippen molar-refractivity contribution in [3.05, 3.63) is 35.4 Å². The lowest BCUT2D eigenvalue weighted by Crippen LogP contribution is -2.37. The molecular formula is C16H19N5O4. The Hall–Kier alpha value is -2.97. The maximum atomic E-state index is 11.2. The van der Waals surface area contributed by atoms with E-state index in [0.29, 0.717) is 18.2 Å². The van der Waals surface area contributed by atoms with Crippen molar-refractivity contribution < 1.29 is 19.8 Å². The molecule has 1 saturated heterocycles. The summed E-state index contributed by atoms with van der Waals surface area (Å²) >= 11 is 0. The van der Waals surface area contributed by atoms with Gasteiger partial charge in [0.05, 0.1) is 0 Å². The number of aliphatic carboxylic acids is 1. The van der Waals surface area contributed by atoms with Gasteiger partial charge in [0.2, 0.25) is 5.95 Å². The summed E-state index contributed by atoms with van der Waals surface area (Å²) in [4.78, 5) is 32.6. The summed E-state index contributed by atoms with van der Waals surface area (Å²) in [7, 11) is 0. The molecule has 1 fully saturated rings. The summed E-state index contributed by atoms with van der Waals surface area (Å²) < 4.78 is 1.50. The highest BCUT2D eigenvalue weighted by Crippen LogP contribution is 2.28. The molecular weight excluding hydrogens is 326 g/mol. The number of hydrogen-bond acceptors (Lipinski definition) is 6. The number of aryl methyl sites for hydroxylation is 1. The Morgan fingerprint density at radius 3 is 2.84 bits per heavy atom. The van der Waals surface area contributed by atoms with E-state index in [9.17, 15) is 14.7 Å². The molecule has 9 heteroatoms. The Morgan fingerprint density at radius 1 is 1.32 bits per heavy atom. The van der Waals surface area contributed by atoms with Crippen LogP contribution in [0.2, 0.25) is 0 Å². The van der Waals surface area contributed by atoms with Gasteiger partial charge in [-0.1, -0.05) is 0 Å². The molecule has 3 heterocycles. The van der Waals surface area contributed by atoms with Crippen molar-refractivity contribution in [2.24, 2.45) is 0 Å². The average Bonchev–Trinajstić information content (AvgIpc) is 3.01. The lowest BCUT2D eigenvalue weighted by molar-refractivity contribution is -0.137. The molecule has 132 valence electrons. The van der Waals surface area contributed by atoms with Crippen molar-refractivity contribution in [1.29, 1.82) is 0 Å². The van der Waals surface area contributed by atoms with Gasteiger partial charge in [-0.15, -0.1) is 0 Å². The van der Waals surface area contributed by atoms with E-state index in [1.54, 1.807) is 13.1 Å². The third kappa shape index (κ3) is 3.76. The van der Waals surface area contributed by atoms with Crippen molar-refractivity contribution in [1.82, 2.24) is 19.7 Å². The molecule has 0 saturated carbocycles. The van der Waals surface area contributed by atoms with Crippen molar-refractivity contribution in [2.75, 3.05) is 18.0 Å². The molecule has 9 nitrogen and oxygen atoms in total. The first-order valence-corrected chi connectivity index (χ1v) is 8.01. The molecule has 0 amide bonds. The maximum Gasteiger partial charge on any atom is 0.354 e. The van der Waals surface area contributed by atoms with Crippen LogP contribution in [0.25, 0.3) is 0 Å². The van der Waals surface area contributed by atoms with E-state index in [4.69, 9.17) is 5.11 Å². The molecule has 0 spiro atoms. The van der Waals surface area contributed by atoms with E-state index in [2.05, 4.69) is 15.1 Å². The zero-order chi connectivity index (χ0) is 18.0. The number of aromatic nitrogens is 4. The minimum Gasteiger partial charge on any atom is -0.480 e. The second-order valence-electron chi connectivity index (χ2n) is 6.09. The summed E-state index contributed by atoms with van der Waals surface area (Å²) in [6.07, 6.45) is 3.38. The van der Waals surface area contributed by atoms with E-state index >= 15 is 0 Å². The molecule has 25 heavy (non-hydrogen) atoms. The number of piperidine rings is 1. The number of carboxylic acid groups (broad SMARTS) is 2. The standard InChI is InChI=1S/C16H19N5O4/c1-10-7-12(15(24)25)19-16(18-10)20-6-2-3-11(8-20)13-4-5-17-21(13)9-14(22)23/h4-5,7,11H,2-3,6,8-9H2,1H3,(H,22,23)(H,24,25)/t11-/m0/s1. The fourth-order valence-corrected chi connectivity index (χ4v) is 3.15. The van der Waals surface area contributed by atoms with Gasteiger partial charge in [-0.25, -0.2) is 14.8 Å².